The van der Waals surface area contributed by atoms with Crippen LogP contribution in [0.2, 0.25) is 0 Å². The Morgan fingerprint density at radius 1 is 1.30 bits per heavy atom. The van der Waals surface area contributed by atoms with Crippen LogP contribution in [-0.4, -0.2) is 4.98 Å². The molecular formula is C19H16N2OS. The first-order valence-corrected chi connectivity index (χ1v) is 8.38. The lowest BCUT2D eigenvalue weighted by molar-refractivity contribution is 0.557. The third-order valence-electron chi connectivity index (χ3n) is 3.47. The SMILES string of the molecule is CCCc1ccc(-c2csc(/C(C#N)=C/c3ccco3)n2)cc1. The number of nitriles is 1. The van der Waals surface area contributed by atoms with Crippen molar-refractivity contribution in [3.63, 3.8) is 0 Å². The van der Waals surface area contributed by atoms with Gasteiger partial charge >= 0.3 is 0 Å². The molecule has 2 aromatic heterocycles. The first kappa shape index (κ1) is 15.3. The van der Waals surface area contributed by atoms with Crippen LogP contribution >= 0.6 is 11.3 Å². The van der Waals surface area contributed by atoms with Crippen LogP contribution < -0.4 is 0 Å². The van der Waals surface area contributed by atoms with E-state index in [9.17, 15) is 5.26 Å². The molecule has 0 spiro atoms. The van der Waals surface area contributed by atoms with Crippen molar-refractivity contribution in [1.29, 1.82) is 5.26 Å². The molecule has 0 atom stereocenters. The molecule has 0 bridgehead atoms. The molecular weight excluding hydrogens is 304 g/mol. The topological polar surface area (TPSA) is 49.8 Å². The summed E-state index contributed by atoms with van der Waals surface area (Å²) in [4.78, 5) is 4.59. The monoisotopic (exact) mass is 320 g/mol. The minimum atomic E-state index is 0.513. The Hall–Kier alpha value is -2.64. The van der Waals surface area contributed by atoms with Crippen molar-refractivity contribution >= 4 is 23.0 Å². The summed E-state index contributed by atoms with van der Waals surface area (Å²) >= 11 is 1.47. The van der Waals surface area contributed by atoms with Crippen LogP contribution in [0, 0.1) is 11.3 Å². The normalized spacial score (nSPS) is 11.4. The zero-order valence-electron chi connectivity index (χ0n) is 12.8. The summed E-state index contributed by atoms with van der Waals surface area (Å²) in [5.41, 5.74) is 3.82. The van der Waals surface area contributed by atoms with Crippen LogP contribution in [0.3, 0.4) is 0 Å². The van der Waals surface area contributed by atoms with E-state index in [0.717, 1.165) is 24.1 Å². The molecule has 0 amide bonds. The molecule has 1 aromatic carbocycles. The van der Waals surface area contributed by atoms with Gasteiger partial charge in [0.25, 0.3) is 0 Å². The van der Waals surface area contributed by atoms with Gasteiger partial charge in [-0.25, -0.2) is 4.98 Å². The molecule has 0 aliphatic carbocycles. The summed E-state index contributed by atoms with van der Waals surface area (Å²) in [6, 6.07) is 14.3. The predicted octanol–water partition coefficient (Wildman–Crippen LogP) is 5.42. The highest BCUT2D eigenvalue weighted by atomic mass is 32.1. The minimum Gasteiger partial charge on any atom is -0.465 e. The number of rotatable bonds is 5. The molecule has 3 rings (SSSR count). The van der Waals surface area contributed by atoms with Crippen molar-refractivity contribution < 1.29 is 4.42 Å². The number of nitrogens with zero attached hydrogens (tertiary/aromatic N) is 2. The van der Waals surface area contributed by atoms with Crippen LogP contribution in [0.5, 0.6) is 0 Å². The highest BCUT2D eigenvalue weighted by Crippen LogP contribution is 2.27. The van der Waals surface area contributed by atoms with Crippen LogP contribution in [0.1, 0.15) is 29.7 Å². The Kier molecular flexibility index (Phi) is 4.70. The molecule has 114 valence electrons. The summed E-state index contributed by atoms with van der Waals surface area (Å²) in [5, 5.41) is 12.0. The van der Waals surface area contributed by atoms with Gasteiger partial charge in [0.2, 0.25) is 0 Å². The molecule has 0 saturated heterocycles. The summed E-state index contributed by atoms with van der Waals surface area (Å²) in [6.45, 7) is 2.18. The third-order valence-corrected chi connectivity index (χ3v) is 4.35. The van der Waals surface area contributed by atoms with E-state index in [-0.39, 0.29) is 0 Å². The Morgan fingerprint density at radius 3 is 2.78 bits per heavy atom. The fourth-order valence-corrected chi connectivity index (χ4v) is 3.11. The number of furan rings is 1. The molecule has 0 saturated carbocycles. The summed E-state index contributed by atoms with van der Waals surface area (Å²) in [7, 11) is 0. The van der Waals surface area contributed by atoms with Gasteiger partial charge in [-0.3, -0.25) is 0 Å². The van der Waals surface area contributed by atoms with E-state index < -0.39 is 0 Å². The van der Waals surface area contributed by atoms with E-state index in [1.165, 1.54) is 16.9 Å². The Balaban J connectivity index is 1.86. The Morgan fingerprint density at radius 2 is 2.13 bits per heavy atom. The number of hydrogen-bond acceptors (Lipinski definition) is 4. The van der Waals surface area contributed by atoms with Gasteiger partial charge in [-0.1, -0.05) is 37.6 Å². The molecule has 0 N–H and O–H groups in total. The second-order valence-corrected chi connectivity index (χ2v) is 6.03. The number of hydrogen-bond donors (Lipinski definition) is 0. The quantitative estimate of drug-likeness (QED) is 0.590. The number of aryl methyl sites for hydroxylation is 1. The van der Waals surface area contributed by atoms with Crippen molar-refractivity contribution in [3.8, 4) is 17.3 Å². The third kappa shape index (κ3) is 3.58. The van der Waals surface area contributed by atoms with E-state index in [0.29, 0.717) is 16.3 Å². The first-order chi connectivity index (χ1) is 11.3. The highest BCUT2D eigenvalue weighted by molar-refractivity contribution is 7.11. The summed E-state index contributed by atoms with van der Waals surface area (Å²) in [6.07, 6.45) is 5.54. The van der Waals surface area contributed by atoms with Crippen LogP contribution in [-0.2, 0) is 6.42 Å². The predicted molar refractivity (Wildman–Crippen MR) is 93.7 cm³/mol. The zero-order chi connectivity index (χ0) is 16.1. The van der Waals surface area contributed by atoms with Gasteiger partial charge in [0, 0.05) is 17.0 Å². The fourth-order valence-electron chi connectivity index (χ4n) is 2.32. The lowest BCUT2D eigenvalue weighted by Crippen LogP contribution is -1.85. The molecule has 0 aliphatic heterocycles. The largest absolute Gasteiger partial charge is 0.465 e. The molecule has 0 aliphatic rings. The van der Waals surface area contributed by atoms with Crippen LogP contribution in [0.25, 0.3) is 22.9 Å². The zero-order valence-corrected chi connectivity index (χ0v) is 13.6. The minimum absolute atomic E-state index is 0.513. The van der Waals surface area contributed by atoms with Crippen molar-refractivity contribution in [1.82, 2.24) is 4.98 Å². The van der Waals surface area contributed by atoms with Crippen molar-refractivity contribution in [2.45, 2.75) is 19.8 Å². The maximum absolute atomic E-state index is 9.36. The van der Waals surface area contributed by atoms with E-state index >= 15 is 0 Å². The molecule has 3 aromatic rings. The maximum Gasteiger partial charge on any atom is 0.134 e. The molecule has 3 nitrogen and oxygen atoms in total. The smallest absolute Gasteiger partial charge is 0.134 e. The van der Waals surface area contributed by atoms with Crippen LogP contribution in [0.4, 0.5) is 0 Å². The van der Waals surface area contributed by atoms with Gasteiger partial charge in [-0.05, 0) is 24.1 Å². The Labute approximate surface area is 139 Å². The lowest BCUT2D eigenvalue weighted by Gasteiger charge is -2.00. The Bertz CT molecular complexity index is 836. The molecule has 0 fully saturated rings. The molecule has 0 unspecified atom stereocenters. The van der Waals surface area contributed by atoms with Gasteiger partial charge in [-0.2, -0.15) is 5.26 Å². The van der Waals surface area contributed by atoms with E-state index in [1.54, 1.807) is 18.4 Å². The van der Waals surface area contributed by atoms with Crippen molar-refractivity contribution in [2.24, 2.45) is 0 Å². The second-order valence-electron chi connectivity index (χ2n) is 5.17. The number of aromatic nitrogens is 1. The maximum atomic E-state index is 9.36. The number of benzene rings is 1. The standard InChI is InChI=1S/C19H16N2OS/c1-2-4-14-6-8-15(9-7-14)18-13-23-19(21-18)16(12-20)11-17-5-3-10-22-17/h3,5-11,13H,2,4H2,1H3/b16-11+. The second kappa shape index (κ2) is 7.08. The molecule has 23 heavy (non-hydrogen) atoms. The fraction of sp³-hybridized carbons (Fsp3) is 0.158. The van der Waals surface area contributed by atoms with Crippen molar-refractivity contribution in [2.75, 3.05) is 0 Å². The first-order valence-electron chi connectivity index (χ1n) is 7.50. The van der Waals surface area contributed by atoms with Gasteiger partial charge in [-0.15, -0.1) is 11.3 Å². The van der Waals surface area contributed by atoms with Gasteiger partial charge < -0.3 is 4.42 Å². The number of allylic oxidation sites excluding steroid dienone is 1. The highest BCUT2D eigenvalue weighted by Gasteiger charge is 2.09. The van der Waals surface area contributed by atoms with E-state index in [1.807, 2.05) is 11.4 Å². The molecule has 4 heteroatoms. The summed E-state index contributed by atoms with van der Waals surface area (Å²) in [5.74, 6) is 0.655. The lowest BCUT2D eigenvalue weighted by atomic mass is 10.1. The van der Waals surface area contributed by atoms with Gasteiger partial charge in [0.1, 0.15) is 16.8 Å². The van der Waals surface area contributed by atoms with Gasteiger partial charge in [0.15, 0.2) is 0 Å². The summed E-state index contributed by atoms with van der Waals surface area (Å²) < 4.78 is 5.26. The van der Waals surface area contributed by atoms with E-state index in [4.69, 9.17) is 4.42 Å². The number of thiazole rings is 1. The van der Waals surface area contributed by atoms with Crippen molar-refractivity contribution in [3.05, 3.63) is 64.4 Å². The molecule has 2 heterocycles. The van der Waals surface area contributed by atoms with Gasteiger partial charge in [0.05, 0.1) is 17.5 Å². The average Bonchev–Trinajstić information content (AvgIpc) is 3.25. The van der Waals surface area contributed by atoms with E-state index in [2.05, 4.69) is 42.2 Å². The average molecular weight is 320 g/mol. The molecule has 0 radical (unpaired) electrons. The van der Waals surface area contributed by atoms with Crippen LogP contribution in [0.15, 0.2) is 52.5 Å².